The van der Waals surface area contributed by atoms with E-state index in [0.717, 1.165) is 18.2 Å². The van der Waals surface area contributed by atoms with Gasteiger partial charge in [-0.3, -0.25) is 4.79 Å². The molecule has 5 nitrogen and oxygen atoms in total. The second-order valence-corrected chi connectivity index (χ2v) is 5.19. The van der Waals surface area contributed by atoms with E-state index >= 15 is 0 Å². The number of likely N-dealkylation sites (tertiary alicyclic amines) is 1. The van der Waals surface area contributed by atoms with Gasteiger partial charge in [0.25, 0.3) is 5.91 Å². The lowest BCUT2D eigenvalue weighted by atomic mass is 10.0. The number of hydrogen-bond acceptors (Lipinski definition) is 4. The fraction of sp³-hybridized carbons (Fsp3) is 0.429. The lowest BCUT2D eigenvalue weighted by Gasteiger charge is -2.18. The molecular formula is C14H14F2N2O3. The SMILES string of the molecule is O=C(C1CC(c2cc(F)ccc2F)=NO1)N1CC[C@@H](O)C1. The molecule has 2 atom stereocenters. The number of halogens is 2. The molecule has 1 aromatic carbocycles. The summed E-state index contributed by atoms with van der Waals surface area (Å²) in [6.07, 6.45) is -0.736. The summed E-state index contributed by atoms with van der Waals surface area (Å²) in [5, 5.41) is 13.1. The monoisotopic (exact) mass is 296 g/mol. The van der Waals surface area contributed by atoms with Crippen molar-refractivity contribution < 1.29 is 23.5 Å². The van der Waals surface area contributed by atoms with Gasteiger partial charge in [-0.1, -0.05) is 5.16 Å². The molecule has 1 aromatic rings. The molecule has 0 aromatic heterocycles. The summed E-state index contributed by atoms with van der Waals surface area (Å²) in [7, 11) is 0. The summed E-state index contributed by atoms with van der Waals surface area (Å²) < 4.78 is 26.8. The van der Waals surface area contributed by atoms with E-state index in [1.54, 1.807) is 0 Å². The number of carbonyl (C=O) groups excluding carboxylic acids is 1. The van der Waals surface area contributed by atoms with Crippen molar-refractivity contribution in [1.82, 2.24) is 4.90 Å². The number of rotatable bonds is 2. The molecule has 0 aliphatic carbocycles. The topological polar surface area (TPSA) is 62.1 Å². The Hall–Kier alpha value is -2.02. The number of amides is 1. The smallest absolute Gasteiger partial charge is 0.266 e. The fourth-order valence-corrected chi connectivity index (χ4v) is 2.53. The minimum absolute atomic E-state index is 0.00626. The van der Waals surface area contributed by atoms with Crippen molar-refractivity contribution in [2.45, 2.75) is 25.0 Å². The molecule has 1 unspecified atom stereocenters. The standard InChI is InChI=1S/C14H14F2N2O3/c15-8-1-2-11(16)10(5-8)12-6-13(21-17-12)14(20)18-4-3-9(19)7-18/h1-2,5,9,13,19H,3-4,6-7H2/t9-,13?/m1/s1. The van der Waals surface area contributed by atoms with E-state index in [1.807, 2.05) is 0 Å². The number of nitrogens with zero attached hydrogens (tertiary/aromatic N) is 2. The molecule has 2 heterocycles. The minimum atomic E-state index is -0.840. The van der Waals surface area contributed by atoms with Crippen molar-refractivity contribution in [2.24, 2.45) is 5.16 Å². The first kappa shape index (κ1) is 13.9. The van der Waals surface area contributed by atoms with E-state index in [9.17, 15) is 18.7 Å². The molecule has 3 rings (SSSR count). The summed E-state index contributed by atoms with van der Waals surface area (Å²) >= 11 is 0. The molecule has 1 fully saturated rings. The van der Waals surface area contributed by atoms with Gasteiger partial charge in [-0.2, -0.15) is 0 Å². The van der Waals surface area contributed by atoms with Crippen molar-refractivity contribution in [3.63, 3.8) is 0 Å². The molecule has 0 spiro atoms. The minimum Gasteiger partial charge on any atom is -0.391 e. The number of aliphatic hydroxyl groups excluding tert-OH is 1. The summed E-state index contributed by atoms with van der Waals surface area (Å²) in [5.74, 6) is -1.47. The third kappa shape index (κ3) is 2.73. The van der Waals surface area contributed by atoms with Gasteiger partial charge in [0.2, 0.25) is 6.10 Å². The second kappa shape index (κ2) is 5.40. The first-order valence-electron chi connectivity index (χ1n) is 6.69. The van der Waals surface area contributed by atoms with Crippen molar-refractivity contribution in [1.29, 1.82) is 0 Å². The summed E-state index contributed by atoms with van der Waals surface area (Å²) in [4.78, 5) is 18.7. The van der Waals surface area contributed by atoms with Crippen LogP contribution in [0.1, 0.15) is 18.4 Å². The molecule has 1 N–H and O–H groups in total. The van der Waals surface area contributed by atoms with E-state index in [4.69, 9.17) is 4.84 Å². The van der Waals surface area contributed by atoms with Crippen LogP contribution in [-0.4, -0.2) is 46.9 Å². The number of β-amino-alcohol motifs (C(OH)–C–C–N with tert-alkyl or cyclic N) is 1. The summed E-state index contributed by atoms with van der Waals surface area (Å²) in [6.45, 7) is 0.728. The van der Waals surface area contributed by atoms with E-state index < -0.39 is 23.8 Å². The average Bonchev–Trinajstić information content (AvgIpc) is 3.10. The summed E-state index contributed by atoms with van der Waals surface area (Å²) in [6, 6.07) is 3.06. The third-order valence-electron chi connectivity index (χ3n) is 3.66. The van der Waals surface area contributed by atoms with Gasteiger partial charge in [0.1, 0.15) is 11.6 Å². The van der Waals surface area contributed by atoms with Gasteiger partial charge in [-0.15, -0.1) is 0 Å². The zero-order valence-corrected chi connectivity index (χ0v) is 11.1. The van der Waals surface area contributed by atoms with E-state index in [2.05, 4.69) is 5.16 Å². The van der Waals surface area contributed by atoms with Crippen LogP contribution in [-0.2, 0) is 9.63 Å². The van der Waals surface area contributed by atoms with Gasteiger partial charge >= 0.3 is 0 Å². The number of hydrogen-bond donors (Lipinski definition) is 1. The van der Waals surface area contributed by atoms with E-state index in [0.29, 0.717) is 13.0 Å². The maximum Gasteiger partial charge on any atom is 0.266 e. The van der Waals surface area contributed by atoms with Crippen LogP contribution in [0.2, 0.25) is 0 Å². The Balaban J connectivity index is 1.70. The van der Waals surface area contributed by atoms with Gasteiger partial charge in [-0.25, -0.2) is 8.78 Å². The molecule has 7 heteroatoms. The molecule has 0 radical (unpaired) electrons. The Labute approximate surface area is 119 Å². The Kier molecular flexibility index (Phi) is 3.59. The molecule has 2 aliphatic heterocycles. The van der Waals surface area contributed by atoms with Crippen molar-refractivity contribution in [3.8, 4) is 0 Å². The highest BCUT2D eigenvalue weighted by Crippen LogP contribution is 2.22. The lowest BCUT2D eigenvalue weighted by Crippen LogP contribution is -2.38. The average molecular weight is 296 g/mol. The predicted molar refractivity (Wildman–Crippen MR) is 69.6 cm³/mol. The van der Waals surface area contributed by atoms with Crippen LogP contribution in [0.5, 0.6) is 0 Å². The molecule has 21 heavy (non-hydrogen) atoms. The van der Waals surface area contributed by atoms with E-state index in [-0.39, 0.29) is 30.1 Å². The van der Waals surface area contributed by atoms with Crippen LogP contribution in [0.4, 0.5) is 8.78 Å². The normalized spacial score (nSPS) is 24.9. The predicted octanol–water partition coefficient (Wildman–Crippen LogP) is 1.05. The third-order valence-corrected chi connectivity index (χ3v) is 3.66. The van der Waals surface area contributed by atoms with Crippen LogP contribution in [0.3, 0.4) is 0 Å². The Bertz CT molecular complexity index is 606. The molecule has 112 valence electrons. The number of carbonyl (C=O) groups is 1. The Morgan fingerprint density at radius 3 is 2.95 bits per heavy atom. The van der Waals surface area contributed by atoms with Crippen molar-refractivity contribution >= 4 is 11.6 Å². The lowest BCUT2D eigenvalue weighted by molar-refractivity contribution is -0.141. The van der Waals surface area contributed by atoms with Crippen LogP contribution in [0.25, 0.3) is 0 Å². The second-order valence-electron chi connectivity index (χ2n) is 5.19. The molecule has 1 saturated heterocycles. The van der Waals surface area contributed by atoms with Crippen LogP contribution >= 0.6 is 0 Å². The highest BCUT2D eigenvalue weighted by molar-refractivity contribution is 6.04. The number of benzene rings is 1. The van der Waals surface area contributed by atoms with Crippen molar-refractivity contribution in [2.75, 3.05) is 13.1 Å². The highest BCUT2D eigenvalue weighted by Gasteiger charge is 2.35. The van der Waals surface area contributed by atoms with Gasteiger partial charge in [0.15, 0.2) is 0 Å². The zero-order valence-electron chi connectivity index (χ0n) is 11.1. The first-order chi connectivity index (χ1) is 10.0. The van der Waals surface area contributed by atoms with Gasteiger partial charge in [0.05, 0.1) is 11.8 Å². The number of oxime groups is 1. The van der Waals surface area contributed by atoms with Gasteiger partial charge in [0, 0.05) is 25.1 Å². The first-order valence-corrected chi connectivity index (χ1v) is 6.69. The van der Waals surface area contributed by atoms with E-state index in [1.165, 1.54) is 4.90 Å². The molecule has 0 bridgehead atoms. The molecule has 0 saturated carbocycles. The van der Waals surface area contributed by atoms with Crippen molar-refractivity contribution in [3.05, 3.63) is 35.4 Å². The van der Waals surface area contributed by atoms with Gasteiger partial charge in [-0.05, 0) is 24.6 Å². The van der Waals surface area contributed by atoms with Crippen LogP contribution in [0.15, 0.2) is 23.4 Å². The molecular weight excluding hydrogens is 282 g/mol. The number of aliphatic hydroxyl groups is 1. The van der Waals surface area contributed by atoms with Crippen LogP contribution < -0.4 is 0 Å². The molecule has 1 amide bonds. The fourth-order valence-electron chi connectivity index (χ4n) is 2.53. The quantitative estimate of drug-likeness (QED) is 0.887. The maximum absolute atomic E-state index is 13.7. The largest absolute Gasteiger partial charge is 0.391 e. The Morgan fingerprint density at radius 2 is 2.24 bits per heavy atom. The molecule has 2 aliphatic rings. The zero-order chi connectivity index (χ0) is 15.0. The maximum atomic E-state index is 13.7. The van der Waals surface area contributed by atoms with Gasteiger partial charge < -0.3 is 14.8 Å². The van der Waals surface area contributed by atoms with Crippen LogP contribution in [0, 0.1) is 11.6 Å². The Morgan fingerprint density at radius 1 is 1.43 bits per heavy atom. The summed E-state index contributed by atoms with van der Waals surface area (Å²) in [5.41, 5.74) is 0.219. The highest BCUT2D eigenvalue weighted by atomic mass is 19.1.